The average molecular weight is 587 g/mol. The topological polar surface area (TPSA) is 127 Å². The lowest BCUT2D eigenvalue weighted by Crippen LogP contribution is -2.71. The van der Waals surface area contributed by atoms with Crippen molar-refractivity contribution in [3.8, 4) is 5.69 Å². The number of fused-ring (bicyclic) bond motifs is 1. The Labute approximate surface area is 226 Å². The predicted octanol–water partition coefficient (Wildman–Crippen LogP) is 2.96. The number of hydrogen-bond donors (Lipinski definition) is 3. The van der Waals surface area contributed by atoms with Crippen molar-refractivity contribution in [3.05, 3.63) is 61.9 Å². The van der Waals surface area contributed by atoms with E-state index in [1.54, 1.807) is 4.90 Å². The third-order valence-electron chi connectivity index (χ3n) is 7.17. The molecule has 4 N–H and O–H groups in total. The summed E-state index contributed by atoms with van der Waals surface area (Å²) in [7, 11) is 0. The molecule has 2 aliphatic heterocycles. The normalized spacial score (nSPS) is 16.1. The van der Waals surface area contributed by atoms with Gasteiger partial charge in [-0.25, -0.2) is 18.4 Å². The van der Waals surface area contributed by atoms with Crippen molar-refractivity contribution in [2.45, 2.75) is 19.7 Å². The predicted molar refractivity (Wildman–Crippen MR) is 134 cm³/mol. The second-order valence-corrected chi connectivity index (χ2v) is 10.2. The molecule has 3 aromatic rings. The van der Waals surface area contributed by atoms with Gasteiger partial charge in [0.1, 0.15) is 11.4 Å². The monoisotopic (exact) mass is 586 g/mol. The maximum absolute atomic E-state index is 15.8. The smallest absolute Gasteiger partial charge is 0.396 e. The number of anilines is 2. The van der Waals surface area contributed by atoms with E-state index in [4.69, 9.17) is 17.3 Å². The van der Waals surface area contributed by atoms with Gasteiger partial charge >= 0.3 is 18.1 Å². The number of aliphatic hydroxyl groups is 1. The number of hydrogen-bond acceptors (Lipinski definition) is 8. The van der Waals surface area contributed by atoms with E-state index in [0.717, 1.165) is 36.0 Å². The van der Waals surface area contributed by atoms with Gasteiger partial charge in [0.15, 0.2) is 5.82 Å². The quantitative estimate of drug-likeness (QED) is 0.184. The van der Waals surface area contributed by atoms with Crippen molar-refractivity contribution in [1.82, 2.24) is 9.88 Å². The van der Waals surface area contributed by atoms with E-state index < -0.39 is 58.4 Å². The van der Waals surface area contributed by atoms with Crippen LogP contribution in [0.2, 0.25) is 5.02 Å². The molecule has 3 heterocycles. The number of carbonyl (C=O) groups is 2. The number of rotatable bonds is 4. The van der Waals surface area contributed by atoms with Gasteiger partial charge in [-0.15, -0.1) is 0 Å². The van der Waals surface area contributed by atoms with Crippen LogP contribution in [0.15, 0.2) is 23.1 Å². The van der Waals surface area contributed by atoms with Gasteiger partial charge < -0.3 is 30.4 Å². The van der Waals surface area contributed by atoms with Gasteiger partial charge in [0.2, 0.25) is 5.43 Å². The van der Waals surface area contributed by atoms with Crippen molar-refractivity contribution in [3.63, 3.8) is 0 Å². The first-order valence-corrected chi connectivity index (χ1v) is 12.1. The van der Waals surface area contributed by atoms with Crippen LogP contribution in [-0.2, 0) is 16.1 Å². The number of nitrogen functional groups attached to an aromatic ring is 1. The molecule has 0 unspecified atom stereocenters. The van der Waals surface area contributed by atoms with Crippen LogP contribution in [0, 0.1) is 24.0 Å². The second kappa shape index (κ2) is 9.42. The minimum absolute atomic E-state index is 0.0550. The standard InChI is InChI=1S/C25H20ClF5N4O5/c1-10-16-19(17(26)20(18(10)28)34-8-24(9-34)6-33-7-24)35(15-3-14(32)13(27)2-11(15)5-36)4-12(21(16)37)22(38)40-23(39)25(29,30)31/h2-4,33,36H,5-9,32H2,1H3. The third kappa shape index (κ3) is 4.26. The molecule has 0 aliphatic carbocycles. The Balaban J connectivity index is 1.81. The van der Waals surface area contributed by atoms with Crippen molar-refractivity contribution in [1.29, 1.82) is 0 Å². The number of nitrogens with zero attached hydrogens (tertiary/aromatic N) is 2. The lowest BCUT2D eigenvalue weighted by Gasteiger charge is -2.57. The molecule has 9 nitrogen and oxygen atoms in total. The van der Waals surface area contributed by atoms with E-state index in [0.29, 0.717) is 13.1 Å². The van der Waals surface area contributed by atoms with E-state index in [1.165, 1.54) is 6.92 Å². The molecular formula is C25H20ClF5N4O5. The maximum atomic E-state index is 15.8. The number of ether oxygens (including phenoxy) is 1. The fraction of sp³-hybridized carbons (Fsp3) is 0.320. The SMILES string of the molecule is Cc1c(F)c(N2CC3(CNC3)C2)c(Cl)c2c1c(=O)c(C(=O)OC(=O)C(F)(F)F)cn2-c1cc(N)c(F)cc1CO. The Morgan fingerprint density at radius 2 is 1.88 bits per heavy atom. The summed E-state index contributed by atoms with van der Waals surface area (Å²) in [5.41, 5.74) is 2.12. The molecule has 1 aromatic heterocycles. The lowest BCUT2D eigenvalue weighted by atomic mass is 9.74. The number of alkyl halides is 3. The molecular weight excluding hydrogens is 567 g/mol. The fourth-order valence-corrected chi connectivity index (χ4v) is 5.47. The Bertz CT molecular complexity index is 1660. The summed E-state index contributed by atoms with van der Waals surface area (Å²) in [5, 5.41) is 12.3. The van der Waals surface area contributed by atoms with Crippen LogP contribution in [0.1, 0.15) is 21.5 Å². The zero-order valence-corrected chi connectivity index (χ0v) is 21.3. The molecule has 5 rings (SSSR count). The summed E-state index contributed by atoms with van der Waals surface area (Å²) in [6.45, 7) is 2.76. The first kappa shape index (κ1) is 27.8. The minimum atomic E-state index is -5.55. The number of pyridine rings is 1. The molecule has 2 aromatic carbocycles. The van der Waals surface area contributed by atoms with Crippen molar-refractivity contribution < 1.29 is 41.4 Å². The Morgan fingerprint density at radius 3 is 2.42 bits per heavy atom. The highest BCUT2D eigenvalue weighted by Crippen LogP contribution is 2.45. The molecule has 0 atom stereocenters. The van der Waals surface area contributed by atoms with Crippen LogP contribution in [0.3, 0.4) is 0 Å². The van der Waals surface area contributed by atoms with E-state index in [-0.39, 0.29) is 38.5 Å². The van der Waals surface area contributed by atoms with Crippen LogP contribution in [0.5, 0.6) is 0 Å². The zero-order chi connectivity index (χ0) is 29.3. The fourth-order valence-electron chi connectivity index (χ4n) is 5.08. The number of aliphatic hydroxyl groups excluding tert-OH is 1. The second-order valence-electron chi connectivity index (χ2n) is 9.86. The minimum Gasteiger partial charge on any atom is -0.396 e. The largest absolute Gasteiger partial charge is 0.491 e. The highest BCUT2D eigenvalue weighted by Gasteiger charge is 2.49. The van der Waals surface area contributed by atoms with Gasteiger partial charge in [-0.2, -0.15) is 13.2 Å². The van der Waals surface area contributed by atoms with Gasteiger partial charge in [0.25, 0.3) is 0 Å². The first-order chi connectivity index (χ1) is 18.7. The third-order valence-corrected chi connectivity index (χ3v) is 7.53. The Hall–Kier alpha value is -3.75. The highest BCUT2D eigenvalue weighted by molar-refractivity contribution is 6.38. The molecule has 2 aliphatic rings. The Morgan fingerprint density at radius 1 is 1.23 bits per heavy atom. The number of aromatic nitrogens is 1. The van der Waals surface area contributed by atoms with Gasteiger partial charge in [0, 0.05) is 48.9 Å². The Kier molecular flexibility index (Phi) is 6.55. The molecule has 0 saturated carbocycles. The van der Waals surface area contributed by atoms with Gasteiger partial charge in [0.05, 0.1) is 39.6 Å². The molecule has 1 spiro atoms. The van der Waals surface area contributed by atoms with Crippen molar-refractivity contribution >= 4 is 45.8 Å². The van der Waals surface area contributed by atoms with Gasteiger partial charge in [-0.05, 0) is 19.1 Å². The molecule has 15 heteroatoms. The maximum Gasteiger partial charge on any atom is 0.491 e. The van der Waals surface area contributed by atoms with Crippen molar-refractivity contribution in [2.24, 2.45) is 5.41 Å². The number of esters is 2. The van der Waals surface area contributed by atoms with Crippen LogP contribution >= 0.6 is 11.6 Å². The molecule has 40 heavy (non-hydrogen) atoms. The van der Waals surface area contributed by atoms with Gasteiger partial charge in [-0.1, -0.05) is 11.6 Å². The van der Waals surface area contributed by atoms with Crippen LogP contribution < -0.4 is 21.4 Å². The number of halogens is 6. The number of nitrogens with one attached hydrogen (secondary N) is 1. The van der Waals surface area contributed by atoms with Crippen molar-refractivity contribution in [2.75, 3.05) is 36.8 Å². The lowest BCUT2D eigenvalue weighted by molar-refractivity contribution is -0.193. The highest BCUT2D eigenvalue weighted by atomic mass is 35.5. The molecule has 0 bridgehead atoms. The number of carbonyl (C=O) groups excluding carboxylic acids is 2. The molecule has 212 valence electrons. The summed E-state index contributed by atoms with van der Waals surface area (Å²) in [4.78, 5) is 39.0. The average Bonchev–Trinajstić information content (AvgIpc) is 2.83. The number of aryl methyl sites for hydroxylation is 1. The molecule has 0 amide bonds. The summed E-state index contributed by atoms with van der Waals surface area (Å²) in [6.07, 6.45) is -4.82. The van der Waals surface area contributed by atoms with E-state index >= 15 is 4.39 Å². The summed E-state index contributed by atoms with van der Waals surface area (Å²) in [6, 6.07) is 1.90. The summed E-state index contributed by atoms with van der Waals surface area (Å²) >= 11 is 6.71. The first-order valence-electron chi connectivity index (χ1n) is 11.7. The van der Waals surface area contributed by atoms with Crippen LogP contribution in [0.25, 0.3) is 16.6 Å². The van der Waals surface area contributed by atoms with E-state index in [2.05, 4.69) is 10.1 Å². The summed E-state index contributed by atoms with van der Waals surface area (Å²) < 4.78 is 73.2. The summed E-state index contributed by atoms with van der Waals surface area (Å²) in [5.74, 6) is -6.66. The number of nitrogens with two attached hydrogens (primary N) is 1. The van der Waals surface area contributed by atoms with Gasteiger partial charge in [-0.3, -0.25) is 4.79 Å². The molecule has 0 radical (unpaired) electrons. The molecule has 2 saturated heterocycles. The van der Waals surface area contributed by atoms with E-state index in [9.17, 15) is 37.1 Å². The van der Waals surface area contributed by atoms with Crippen LogP contribution in [-0.4, -0.2) is 54.0 Å². The van der Waals surface area contributed by atoms with E-state index in [1.807, 2.05) is 0 Å². The van der Waals surface area contributed by atoms with Crippen LogP contribution in [0.4, 0.5) is 33.3 Å². The number of benzene rings is 2. The zero-order valence-electron chi connectivity index (χ0n) is 20.6. The molecule has 2 fully saturated rings.